The molecule has 0 saturated heterocycles. The van der Waals surface area contributed by atoms with Crippen molar-refractivity contribution < 1.29 is 4.74 Å². The molecule has 0 fully saturated rings. The SMILES string of the molecule is O=c1c(=Cc2cc(Cl)ccc2OCc2ccccc2Cl)sc2nc3ccccc3n12. The van der Waals surface area contributed by atoms with E-state index in [1.807, 2.05) is 48.5 Å². The summed E-state index contributed by atoms with van der Waals surface area (Å²) in [6.45, 7) is 0.310. The largest absolute Gasteiger partial charge is 0.488 e. The molecule has 0 aliphatic heterocycles. The van der Waals surface area contributed by atoms with Gasteiger partial charge in [-0.2, -0.15) is 0 Å². The molecule has 7 heteroatoms. The molecule has 30 heavy (non-hydrogen) atoms. The van der Waals surface area contributed by atoms with E-state index in [9.17, 15) is 4.79 Å². The quantitative estimate of drug-likeness (QED) is 0.369. The van der Waals surface area contributed by atoms with Gasteiger partial charge in [-0.25, -0.2) is 9.38 Å². The summed E-state index contributed by atoms with van der Waals surface area (Å²) in [6.07, 6.45) is 1.80. The van der Waals surface area contributed by atoms with Gasteiger partial charge in [0, 0.05) is 21.2 Å². The smallest absolute Gasteiger partial charge is 0.274 e. The van der Waals surface area contributed by atoms with Crippen LogP contribution in [0.5, 0.6) is 5.75 Å². The number of thiazole rings is 1. The first kappa shape index (κ1) is 19.1. The van der Waals surface area contributed by atoms with Gasteiger partial charge in [-0.05, 0) is 42.5 Å². The summed E-state index contributed by atoms with van der Waals surface area (Å²) in [5.41, 5.74) is 3.10. The van der Waals surface area contributed by atoms with Gasteiger partial charge < -0.3 is 4.74 Å². The predicted octanol–water partition coefficient (Wildman–Crippen LogP) is 5.34. The minimum absolute atomic E-state index is 0.110. The first-order chi connectivity index (χ1) is 14.6. The Labute approximate surface area is 185 Å². The van der Waals surface area contributed by atoms with Crippen molar-refractivity contribution in [1.82, 2.24) is 9.38 Å². The number of ether oxygens (including phenoxy) is 1. The predicted molar refractivity (Wildman–Crippen MR) is 123 cm³/mol. The van der Waals surface area contributed by atoms with Crippen LogP contribution in [0.1, 0.15) is 11.1 Å². The van der Waals surface area contributed by atoms with Gasteiger partial charge in [0.1, 0.15) is 12.4 Å². The highest BCUT2D eigenvalue weighted by atomic mass is 35.5. The standard InChI is InChI=1S/C23H14Cl2N2O2S/c24-16-9-10-20(29-13-14-5-1-2-6-17(14)25)15(11-16)12-21-22(28)27-19-8-4-3-7-18(19)26-23(27)30-21/h1-12H,13H2. The second-order valence-electron chi connectivity index (χ2n) is 6.70. The lowest BCUT2D eigenvalue weighted by Gasteiger charge is -2.10. The molecule has 2 aromatic heterocycles. The average molecular weight is 453 g/mol. The first-order valence-corrected chi connectivity index (χ1v) is 10.7. The van der Waals surface area contributed by atoms with Crippen LogP contribution in [0.15, 0.2) is 71.5 Å². The zero-order chi connectivity index (χ0) is 20.7. The molecule has 0 aliphatic carbocycles. The van der Waals surface area contributed by atoms with Crippen molar-refractivity contribution in [2.24, 2.45) is 0 Å². The molecular formula is C23H14Cl2N2O2S. The summed E-state index contributed by atoms with van der Waals surface area (Å²) in [5.74, 6) is 0.620. The summed E-state index contributed by atoms with van der Waals surface area (Å²) < 4.78 is 8.21. The van der Waals surface area contributed by atoms with E-state index in [1.54, 1.807) is 28.7 Å². The number of aromatic nitrogens is 2. The van der Waals surface area contributed by atoms with Gasteiger partial charge in [-0.3, -0.25) is 4.79 Å². The Balaban J connectivity index is 1.58. The van der Waals surface area contributed by atoms with Crippen LogP contribution in [0.25, 0.3) is 22.1 Å². The molecule has 0 bridgehead atoms. The van der Waals surface area contributed by atoms with Crippen molar-refractivity contribution in [3.8, 4) is 5.75 Å². The van der Waals surface area contributed by atoms with Crippen LogP contribution >= 0.6 is 34.5 Å². The van der Waals surface area contributed by atoms with Gasteiger partial charge in [0.25, 0.3) is 5.56 Å². The van der Waals surface area contributed by atoms with E-state index in [2.05, 4.69) is 4.98 Å². The zero-order valence-electron chi connectivity index (χ0n) is 15.5. The summed E-state index contributed by atoms with van der Waals surface area (Å²) in [5, 5.41) is 1.20. The fourth-order valence-electron chi connectivity index (χ4n) is 3.29. The molecule has 5 rings (SSSR count). The normalized spacial score (nSPS) is 12.1. The number of imidazole rings is 1. The highest BCUT2D eigenvalue weighted by Gasteiger charge is 2.12. The molecular weight excluding hydrogens is 439 g/mol. The van der Waals surface area contributed by atoms with Crippen molar-refractivity contribution in [3.63, 3.8) is 0 Å². The van der Waals surface area contributed by atoms with Crippen molar-refractivity contribution >= 4 is 56.6 Å². The lowest BCUT2D eigenvalue weighted by atomic mass is 10.2. The Kier molecular flexibility index (Phi) is 4.95. The molecule has 0 atom stereocenters. The van der Waals surface area contributed by atoms with E-state index in [0.29, 0.717) is 31.9 Å². The number of benzene rings is 3. The molecule has 5 aromatic rings. The Hall–Kier alpha value is -2.86. The molecule has 4 nitrogen and oxygen atoms in total. The Bertz CT molecular complexity index is 1510. The third-order valence-electron chi connectivity index (χ3n) is 4.74. The minimum Gasteiger partial charge on any atom is -0.488 e. The molecule has 0 amide bonds. The van der Waals surface area contributed by atoms with Crippen LogP contribution in [0.4, 0.5) is 0 Å². The van der Waals surface area contributed by atoms with E-state index < -0.39 is 0 Å². The van der Waals surface area contributed by atoms with Gasteiger partial charge in [-0.15, -0.1) is 0 Å². The second-order valence-corrected chi connectivity index (χ2v) is 8.55. The summed E-state index contributed by atoms with van der Waals surface area (Å²) in [7, 11) is 0. The summed E-state index contributed by atoms with van der Waals surface area (Å²) in [6, 6.07) is 20.5. The Morgan fingerprint density at radius 3 is 2.70 bits per heavy atom. The zero-order valence-corrected chi connectivity index (χ0v) is 17.8. The number of hydrogen-bond donors (Lipinski definition) is 0. The maximum atomic E-state index is 13.0. The fourth-order valence-corrected chi connectivity index (χ4v) is 4.64. The first-order valence-electron chi connectivity index (χ1n) is 9.17. The van der Waals surface area contributed by atoms with Crippen LogP contribution < -0.4 is 14.8 Å². The molecule has 148 valence electrons. The van der Waals surface area contributed by atoms with Crippen LogP contribution in [-0.2, 0) is 6.61 Å². The van der Waals surface area contributed by atoms with E-state index in [4.69, 9.17) is 27.9 Å². The number of para-hydroxylation sites is 2. The molecule has 0 spiro atoms. The van der Waals surface area contributed by atoms with E-state index in [-0.39, 0.29) is 5.56 Å². The maximum Gasteiger partial charge on any atom is 0.274 e. The van der Waals surface area contributed by atoms with Gasteiger partial charge in [-0.1, -0.05) is 64.9 Å². The number of nitrogens with zero attached hydrogens (tertiary/aromatic N) is 2. The van der Waals surface area contributed by atoms with Crippen molar-refractivity contribution in [1.29, 1.82) is 0 Å². The second kappa shape index (κ2) is 7.76. The highest BCUT2D eigenvalue weighted by Crippen LogP contribution is 2.26. The lowest BCUT2D eigenvalue weighted by Crippen LogP contribution is -2.22. The number of halogens is 2. The van der Waals surface area contributed by atoms with E-state index in [0.717, 1.165) is 22.2 Å². The highest BCUT2D eigenvalue weighted by molar-refractivity contribution is 7.15. The molecule has 0 radical (unpaired) electrons. The number of hydrogen-bond acceptors (Lipinski definition) is 4. The molecule has 3 aromatic carbocycles. The number of fused-ring (bicyclic) bond motifs is 3. The summed E-state index contributed by atoms with van der Waals surface area (Å²) >= 11 is 13.8. The van der Waals surface area contributed by atoms with Gasteiger partial charge in [0.05, 0.1) is 15.6 Å². The molecule has 0 unspecified atom stereocenters. The van der Waals surface area contributed by atoms with Crippen LogP contribution in [0, 0.1) is 0 Å². The third-order valence-corrected chi connectivity index (χ3v) is 6.32. The van der Waals surface area contributed by atoms with Crippen molar-refractivity contribution in [2.45, 2.75) is 6.61 Å². The third kappa shape index (κ3) is 3.45. The fraction of sp³-hybridized carbons (Fsp3) is 0.0435. The monoisotopic (exact) mass is 452 g/mol. The Morgan fingerprint density at radius 2 is 1.83 bits per heavy atom. The van der Waals surface area contributed by atoms with Gasteiger partial charge >= 0.3 is 0 Å². The molecule has 0 saturated carbocycles. The maximum absolute atomic E-state index is 13.0. The van der Waals surface area contributed by atoms with Crippen LogP contribution in [-0.4, -0.2) is 9.38 Å². The summed E-state index contributed by atoms with van der Waals surface area (Å²) in [4.78, 5) is 18.3. The minimum atomic E-state index is -0.110. The number of rotatable bonds is 4. The lowest BCUT2D eigenvalue weighted by molar-refractivity contribution is 0.305. The van der Waals surface area contributed by atoms with E-state index in [1.165, 1.54) is 11.3 Å². The Morgan fingerprint density at radius 1 is 1.03 bits per heavy atom. The van der Waals surface area contributed by atoms with Gasteiger partial charge in [0.15, 0.2) is 4.96 Å². The van der Waals surface area contributed by atoms with E-state index >= 15 is 0 Å². The average Bonchev–Trinajstić information content (AvgIpc) is 3.25. The molecule has 2 heterocycles. The van der Waals surface area contributed by atoms with Crippen LogP contribution in [0.3, 0.4) is 0 Å². The molecule has 0 aliphatic rings. The topological polar surface area (TPSA) is 43.6 Å². The van der Waals surface area contributed by atoms with Crippen molar-refractivity contribution in [2.75, 3.05) is 0 Å². The molecule has 0 N–H and O–H groups in total. The van der Waals surface area contributed by atoms with Crippen LogP contribution in [0.2, 0.25) is 10.0 Å². The van der Waals surface area contributed by atoms with Crippen molar-refractivity contribution in [3.05, 3.63) is 103 Å². The van der Waals surface area contributed by atoms with Gasteiger partial charge in [0.2, 0.25) is 0 Å².